The molecule has 1 aliphatic heterocycles. The molecule has 0 unspecified atom stereocenters. The van der Waals surface area contributed by atoms with Gasteiger partial charge in [-0.15, -0.1) is 11.3 Å². The highest BCUT2D eigenvalue weighted by atomic mass is 32.2. The van der Waals surface area contributed by atoms with E-state index in [1.54, 1.807) is 0 Å². The van der Waals surface area contributed by atoms with Crippen LogP contribution in [0.15, 0.2) is 71.9 Å². The summed E-state index contributed by atoms with van der Waals surface area (Å²) in [7, 11) is -3.58. The lowest BCUT2D eigenvalue weighted by Crippen LogP contribution is -2.26. The van der Waals surface area contributed by atoms with Gasteiger partial charge in [0.1, 0.15) is 10.7 Å². The molecule has 13 heteroatoms. The molecule has 5 rings (SSSR count). The number of aryl methyl sites for hydroxylation is 1. The van der Waals surface area contributed by atoms with Gasteiger partial charge < -0.3 is 5.32 Å². The van der Waals surface area contributed by atoms with E-state index in [2.05, 4.69) is 39.0 Å². The molecular formula is C30H30F3N5O3S2. The Labute approximate surface area is 252 Å². The number of aromatic nitrogens is 3. The van der Waals surface area contributed by atoms with Crippen molar-refractivity contribution in [2.45, 2.75) is 56.9 Å². The molecule has 0 radical (unpaired) electrons. The van der Waals surface area contributed by atoms with Crippen LogP contribution in [0.25, 0.3) is 0 Å². The van der Waals surface area contributed by atoms with Crippen LogP contribution in [-0.4, -0.2) is 39.9 Å². The van der Waals surface area contributed by atoms with Crippen LogP contribution in [-0.2, 0) is 46.7 Å². The number of amides is 1. The average Bonchev–Trinajstić information content (AvgIpc) is 3.49. The average molecular weight is 630 g/mol. The number of fused-ring (bicyclic) bond motifs is 1. The van der Waals surface area contributed by atoms with Crippen LogP contribution >= 0.6 is 11.3 Å². The maximum Gasteiger partial charge on any atom is 0.416 e. The van der Waals surface area contributed by atoms with E-state index in [0.717, 1.165) is 33.8 Å². The van der Waals surface area contributed by atoms with Crippen molar-refractivity contribution in [3.8, 4) is 0 Å². The summed E-state index contributed by atoms with van der Waals surface area (Å²) in [5.74, 6) is -0.0907. The third-order valence-electron chi connectivity index (χ3n) is 7.15. The lowest BCUT2D eigenvalue weighted by atomic mass is 10.0. The van der Waals surface area contributed by atoms with Gasteiger partial charge in [0.2, 0.25) is 5.91 Å². The Balaban J connectivity index is 1.18. The molecule has 1 aliphatic rings. The maximum atomic E-state index is 12.9. The summed E-state index contributed by atoms with van der Waals surface area (Å²) in [5.41, 5.74) is 1.87. The van der Waals surface area contributed by atoms with Crippen molar-refractivity contribution in [1.82, 2.24) is 19.9 Å². The zero-order valence-corrected chi connectivity index (χ0v) is 25.1. The highest BCUT2D eigenvalue weighted by molar-refractivity contribution is 7.91. The number of sulfone groups is 1. The topological polar surface area (TPSA) is 105 Å². The predicted molar refractivity (Wildman–Crippen MR) is 157 cm³/mol. The summed E-state index contributed by atoms with van der Waals surface area (Å²) in [6.07, 6.45) is -1.70. The molecule has 3 heterocycles. The summed E-state index contributed by atoms with van der Waals surface area (Å²) in [4.78, 5) is 28.8. The second-order valence-corrected chi connectivity index (χ2v) is 13.9. The summed E-state index contributed by atoms with van der Waals surface area (Å²) < 4.78 is 64.2. The molecule has 0 bridgehead atoms. The highest BCUT2D eigenvalue weighted by Crippen LogP contribution is 2.43. The fraction of sp³-hybridized carbons (Fsp3) is 0.333. The SMILES string of the molecule is CC(C)[C@H]1c2nc(NC(=O)Cc3ncc(S(=O)(=O)CCc4ccccc4)cn3)sc2CN1Cc1ccc(C(F)(F)F)cc1. The fourth-order valence-electron chi connectivity index (χ4n) is 5.06. The lowest BCUT2D eigenvalue weighted by molar-refractivity contribution is -0.137. The molecule has 4 aromatic rings. The Bertz CT molecular complexity index is 1670. The molecule has 43 heavy (non-hydrogen) atoms. The van der Waals surface area contributed by atoms with Gasteiger partial charge in [0, 0.05) is 30.4 Å². The quantitative estimate of drug-likeness (QED) is 0.234. The fourth-order valence-corrected chi connectivity index (χ4v) is 7.27. The van der Waals surface area contributed by atoms with E-state index in [4.69, 9.17) is 0 Å². The van der Waals surface area contributed by atoms with Crippen LogP contribution in [0.1, 0.15) is 53.0 Å². The number of hydrogen-bond donors (Lipinski definition) is 1. The van der Waals surface area contributed by atoms with Gasteiger partial charge in [-0.05, 0) is 35.6 Å². The van der Waals surface area contributed by atoms with Gasteiger partial charge in [0.05, 0.1) is 29.5 Å². The maximum absolute atomic E-state index is 12.9. The number of benzene rings is 2. The molecule has 0 saturated carbocycles. The van der Waals surface area contributed by atoms with Crippen molar-refractivity contribution in [1.29, 1.82) is 0 Å². The summed E-state index contributed by atoms with van der Waals surface area (Å²) in [5, 5.41) is 3.23. The summed E-state index contributed by atoms with van der Waals surface area (Å²) in [6, 6.07) is 14.5. The van der Waals surface area contributed by atoms with Crippen LogP contribution in [0.5, 0.6) is 0 Å². The summed E-state index contributed by atoms with van der Waals surface area (Å²) >= 11 is 1.36. The van der Waals surface area contributed by atoms with E-state index in [1.165, 1.54) is 35.9 Å². The van der Waals surface area contributed by atoms with E-state index >= 15 is 0 Å². The zero-order chi connectivity index (χ0) is 30.8. The van der Waals surface area contributed by atoms with Crippen molar-refractivity contribution in [2.24, 2.45) is 5.92 Å². The van der Waals surface area contributed by atoms with Crippen molar-refractivity contribution in [3.05, 3.63) is 100 Å². The van der Waals surface area contributed by atoms with Crippen molar-refractivity contribution in [3.63, 3.8) is 0 Å². The van der Waals surface area contributed by atoms with Gasteiger partial charge in [-0.2, -0.15) is 13.2 Å². The minimum absolute atomic E-state index is 0.00418. The Morgan fingerprint density at radius 1 is 1.05 bits per heavy atom. The third-order valence-corrected chi connectivity index (χ3v) is 9.80. The molecule has 0 aliphatic carbocycles. The second-order valence-electron chi connectivity index (χ2n) is 10.7. The molecule has 2 aromatic heterocycles. The first-order valence-electron chi connectivity index (χ1n) is 13.7. The molecule has 0 spiro atoms. The van der Waals surface area contributed by atoms with Crippen molar-refractivity contribution < 1.29 is 26.4 Å². The number of rotatable bonds is 10. The van der Waals surface area contributed by atoms with Crippen LogP contribution in [0.4, 0.5) is 18.3 Å². The molecule has 1 amide bonds. The van der Waals surface area contributed by atoms with Crippen molar-refractivity contribution in [2.75, 3.05) is 11.1 Å². The van der Waals surface area contributed by atoms with E-state index in [9.17, 15) is 26.4 Å². The van der Waals surface area contributed by atoms with Gasteiger partial charge in [0.15, 0.2) is 15.0 Å². The Hall–Kier alpha value is -3.68. The van der Waals surface area contributed by atoms with Gasteiger partial charge in [0.25, 0.3) is 0 Å². The number of alkyl halides is 3. The minimum Gasteiger partial charge on any atom is -0.302 e. The number of anilines is 1. The molecule has 8 nitrogen and oxygen atoms in total. The second kappa shape index (κ2) is 12.5. The van der Waals surface area contributed by atoms with E-state index in [0.29, 0.717) is 24.6 Å². The zero-order valence-electron chi connectivity index (χ0n) is 23.5. The highest BCUT2D eigenvalue weighted by Gasteiger charge is 2.36. The molecule has 2 aromatic carbocycles. The normalized spacial score (nSPS) is 15.5. The van der Waals surface area contributed by atoms with Crippen LogP contribution in [0.3, 0.4) is 0 Å². The number of hydrogen-bond acceptors (Lipinski definition) is 8. The first-order valence-corrected chi connectivity index (χ1v) is 16.1. The number of halogens is 3. The number of nitrogens with one attached hydrogen (secondary N) is 1. The summed E-state index contributed by atoms with van der Waals surface area (Å²) in [6.45, 7) is 5.15. The minimum atomic E-state index is -4.37. The van der Waals surface area contributed by atoms with Crippen LogP contribution in [0, 0.1) is 5.92 Å². The molecule has 1 atom stereocenters. The Kier molecular flexibility index (Phi) is 8.95. The number of carbonyl (C=O) groups excluding carboxylic acids is 1. The third kappa shape index (κ3) is 7.46. The molecule has 0 fully saturated rings. The van der Waals surface area contributed by atoms with Crippen LogP contribution in [0.2, 0.25) is 0 Å². The Morgan fingerprint density at radius 2 is 1.72 bits per heavy atom. The van der Waals surface area contributed by atoms with E-state index in [-0.39, 0.29) is 40.8 Å². The van der Waals surface area contributed by atoms with Gasteiger partial charge in [-0.25, -0.2) is 23.4 Å². The van der Waals surface area contributed by atoms with Crippen molar-refractivity contribution >= 4 is 32.2 Å². The van der Waals surface area contributed by atoms with Gasteiger partial charge in [-0.3, -0.25) is 9.69 Å². The van der Waals surface area contributed by atoms with Gasteiger partial charge >= 0.3 is 6.18 Å². The number of thiazole rings is 1. The van der Waals surface area contributed by atoms with E-state index in [1.807, 2.05) is 30.3 Å². The number of carbonyl (C=O) groups is 1. The van der Waals surface area contributed by atoms with Gasteiger partial charge in [-0.1, -0.05) is 56.3 Å². The monoisotopic (exact) mass is 629 g/mol. The number of nitrogens with zero attached hydrogens (tertiary/aromatic N) is 4. The first kappa shape index (κ1) is 30.8. The smallest absolute Gasteiger partial charge is 0.302 e. The van der Waals surface area contributed by atoms with E-state index < -0.39 is 21.6 Å². The lowest BCUT2D eigenvalue weighted by Gasteiger charge is -2.27. The Morgan fingerprint density at radius 3 is 2.35 bits per heavy atom. The molecule has 1 N–H and O–H groups in total. The predicted octanol–water partition coefficient (Wildman–Crippen LogP) is 5.86. The van der Waals surface area contributed by atoms with Crippen LogP contribution < -0.4 is 5.32 Å². The molecule has 0 saturated heterocycles. The molecule has 226 valence electrons. The first-order chi connectivity index (χ1) is 20.4. The molecular weight excluding hydrogens is 599 g/mol. The largest absolute Gasteiger partial charge is 0.416 e. The standard InChI is InChI=1S/C30H30F3N5O3S2/c1-19(2)28-27-24(18-38(28)17-21-8-10-22(11-9-21)30(31,32)33)42-29(37-27)36-26(39)14-25-34-15-23(16-35-25)43(40,41)13-12-20-6-4-3-5-7-20/h3-11,15-16,19,28H,12-14,17-18H2,1-2H3,(H,36,37,39)/t28-/m0/s1.